The summed E-state index contributed by atoms with van der Waals surface area (Å²) in [6.45, 7) is 0.247. The molecular weight excluding hydrogens is 360 g/mol. The van der Waals surface area contributed by atoms with E-state index in [4.69, 9.17) is 27.9 Å². The second-order valence-corrected chi connectivity index (χ2v) is 6.14. The van der Waals surface area contributed by atoms with Crippen molar-refractivity contribution in [3.63, 3.8) is 0 Å². The average molecular weight is 374 g/mol. The Hall–Kier alpha value is -2.36. The Labute approximate surface area is 155 Å². The minimum absolute atomic E-state index is 0.247. The van der Waals surface area contributed by atoms with E-state index < -0.39 is 0 Å². The lowest BCUT2D eigenvalue weighted by atomic mass is 10.2. The van der Waals surface area contributed by atoms with E-state index >= 15 is 0 Å². The van der Waals surface area contributed by atoms with Crippen LogP contribution in [0.1, 0.15) is 11.1 Å². The van der Waals surface area contributed by atoms with Gasteiger partial charge >= 0.3 is 0 Å². The van der Waals surface area contributed by atoms with Crippen LogP contribution >= 0.6 is 23.2 Å². The van der Waals surface area contributed by atoms with E-state index in [1.54, 1.807) is 30.5 Å². The van der Waals surface area contributed by atoms with Crippen LogP contribution in [0.15, 0.2) is 71.7 Å². The van der Waals surface area contributed by atoms with Gasteiger partial charge in [-0.05, 0) is 47.5 Å². The molecule has 0 aromatic heterocycles. The standard InChI is InChI=1S/C20H14Cl2FNO/c21-18-10-15(12-24-17-4-2-1-3-5-17)11-19(22)20(18)25-13-14-6-8-16(23)9-7-14/h1-12H,13H2. The van der Waals surface area contributed by atoms with Gasteiger partial charge in [0.1, 0.15) is 12.4 Å². The second kappa shape index (κ2) is 8.15. The number of hydrogen-bond acceptors (Lipinski definition) is 2. The summed E-state index contributed by atoms with van der Waals surface area (Å²) < 4.78 is 18.6. The summed E-state index contributed by atoms with van der Waals surface area (Å²) in [4.78, 5) is 4.37. The van der Waals surface area contributed by atoms with Crippen molar-refractivity contribution in [3.05, 3.63) is 93.7 Å². The minimum Gasteiger partial charge on any atom is -0.486 e. The lowest BCUT2D eigenvalue weighted by Crippen LogP contribution is -1.97. The normalized spacial score (nSPS) is 11.0. The highest BCUT2D eigenvalue weighted by Gasteiger charge is 2.09. The molecular formula is C20H14Cl2FNO. The van der Waals surface area contributed by atoms with Crippen LogP contribution in [0.3, 0.4) is 0 Å². The molecule has 0 spiro atoms. The molecule has 3 aromatic carbocycles. The van der Waals surface area contributed by atoms with E-state index in [1.807, 2.05) is 30.3 Å². The first-order chi connectivity index (χ1) is 12.1. The Bertz CT molecular complexity index is 857. The maximum absolute atomic E-state index is 12.9. The predicted octanol–water partition coefficient (Wildman–Crippen LogP) is 6.46. The zero-order valence-electron chi connectivity index (χ0n) is 13.1. The fourth-order valence-electron chi connectivity index (χ4n) is 2.19. The summed E-state index contributed by atoms with van der Waals surface area (Å²) in [5.41, 5.74) is 2.43. The first-order valence-corrected chi connectivity index (χ1v) is 8.33. The van der Waals surface area contributed by atoms with Gasteiger partial charge < -0.3 is 4.74 Å². The van der Waals surface area contributed by atoms with Crippen LogP contribution in [-0.4, -0.2) is 6.21 Å². The average Bonchev–Trinajstić information content (AvgIpc) is 2.62. The summed E-state index contributed by atoms with van der Waals surface area (Å²) in [5, 5.41) is 0.785. The first-order valence-electron chi connectivity index (χ1n) is 7.57. The summed E-state index contributed by atoms with van der Waals surface area (Å²) in [5.74, 6) is 0.103. The largest absolute Gasteiger partial charge is 0.486 e. The van der Waals surface area contributed by atoms with Crippen LogP contribution in [0, 0.1) is 5.82 Å². The number of aliphatic imine (C=N–C) groups is 1. The molecule has 0 atom stereocenters. The summed E-state index contributed by atoms with van der Waals surface area (Å²) in [6.07, 6.45) is 1.69. The van der Waals surface area contributed by atoms with E-state index in [2.05, 4.69) is 4.99 Å². The molecule has 0 amide bonds. The van der Waals surface area contributed by atoms with E-state index in [0.29, 0.717) is 15.8 Å². The molecule has 0 saturated heterocycles. The van der Waals surface area contributed by atoms with Crippen LogP contribution in [0.25, 0.3) is 0 Å². The SMILES string of the molecule is Fc1ccc(COc2c(Cl)cc(C=Nc3ccccc3)cc2Cl)cc1. The Morgan fingerprint density at radius 2 is 1.56 bits per heavy atom. The zero-order chi connectivity index (χ0) is 17.6. The summed E-state index contributed by atoms with van der Waals surface area (Å²) in [7, 11) is 0. The van der Waals surface area contributed by atoms with Gasteiger partial charge in [-0.2, -0.15) is 0 Å². The second-order valence-electron chi connectivity index (χ2n) is 5.32. The molecule has 0 radical (unpaired) electrons. The number of nitrogens with zero attached hydrogens (tertiary/aromatic N) is 1. The van der Waals surface area contributed by atoms with Gasteiger partial charge in [0, 0.05) is 6.21 Å². The van der Waals surface area contributed by atoms with Gasteiger partial charge in [-0.1, -0.05) is 53.5 Å². The maximum atomic E-state index is 12.9. The van der Waals surface area contributed by atoms with Crippen molar-refractivity contribution in [2.75, 3.05) is 0 Å². The van der Waals surface area contributed by atoms with Gasteiger partial charge in [0.15, 0.2) is 5.75 Å². The van der Waals surface area contributed by atoms with E-state index in [-0.39, 0.29) is 12.4 Å². The number of para-hydroxylation sites is 1. The third-order valence-electron chi connectivity index (χ3n) is 3.44. The molecule has 0 fully saturated rings. The number of hydrogen-bond donors (Lipinski definition) is 0. The Morgan fingerprint density at radius 3 is 2.20 bits per heavy atom. The third-order valence-corrected chi connectivity index (χ3v) is 4.00. The van der Waals surface area contributed by atoms with E-state index in [9.17, 15) is 4.39 Å². The third kappa shape index (κ3) is 4.81. The van der Waals surface area contributed by atoms with Gasteiger partial charge in [-0.25, -0.2) is 4.39 Å². The van der Waals surface area contributed by atoms with Crippen molar-refractivity contribution in [3.8, 4) is 5.75 Å². The van der Waals surface area contributed by atoms with Crippen molar-refractivity contribution in [2.45, 2.75) is 6.61 Å². The summed E-state index contributed by atoms with van der Waals surface area (Å²) >= 11 is 12.6. The van der Waals surface area contributed by atoms with Crippen molar-refractivity contribution in [2.24, 2.45) is 4.99 Å². The zero-order valence-corrected chi connectivity index (χ0v) is 14.6. The van der Waals surface area contributed by atoms with Crippen molar-refractivity contribution < 1.29 is 9.13 Å². The highest BCUT2D eigenvalue weighted by Crippen LogP contribution is 2.34. The van der Waals surface area contributed by atoms with Gasteiger partial charge in [-0.15, -0.1) is 0 Å². The van der Waals surface area contributed by atoms with Gasteiger partial charge in [0.2, 0.25) is 0 Å². The van der Waals surface area contributed by atoms with Crippen LogP contribution in [0.4, 0.5) is 10.1 Å². The van der Waals surface area contributed by atoms with E-state index in [1.165, 1.54) is 12.1 Å². The van der Waals surface area contributed by atoms with Gasteiger partial charge in [0.25, 0.3) is 0 Å². The lowest BCUT2D eigenvalue weighted by molar-refractivity contribution is 0.306. The molecule has 25 heavy (non-hydrogen) atoms. The Kier molecular flexibility index (Phi) is 5.69. The predicted molar refractivity (Wildman–Crippen MR) is 101 cm³/mol. The molecule has 126 valence electrons. The molecule has 3 rings (SSSR count). The van der Waals surface area contributed by atoms with Crippen molar-refractivity contribution in [1.82, 2.24) is 0 Å². The van der Waals surface area contributed by atoms with Gasteiger partial charge in [-0.3, -0.25) is 4.99 Å². The molecule has 0 saturated carbocycles. The molecule has 0 aliphatic carbocycles. The fraction of sp³-hybridized carbons (Fsp3) is 0.0500. The molecule has 0 aliphatic heterocycles. The van der Waals surface area contributed by atoms with Crippen LogP contribution < -0.4 is 4.74 Å². The molecule has 0 heterocycles. The lowest BCUT2D eigenvalue weighted by Gasteiger charge is -2.11. The number of benzene rings is 3. The van der Waals surface area contributed by atoms with Crippen LogP contribution in [-0.2, 0) is 6.61 Å². The highest BCUT2D eigenvalue weighted by molar-refractivity contribution is 6.37. The Morgan fingerprint density at radius 1 is 0.920 bits per heavy atom. The van der Waals surface area contributed by atoms with Crippen LogP contribution in [0.5, 0.6) is 5.75 Å². The monoisotopic (exact) mass is 373 g/mol. The molecule has 0 bridgehead atoms. The quantitative estimate of drug-likeness (QED) is 0.470. The number of rotatable bonds is 5. The maximum Gasteiger partial charge on any atom is 0.157 e. The number of halogens is 3. The Balaban J connectivity index is 1.73. The molecule has 2 nitrogen and oxygen atoms in total. The molecule has 0 unspecified atom stereocenters. The molecule has 0 N–H and O–H groups in total. The highest BCUT2D eigenvalue weighted by atomic mass is 35.5. The smallest absolute Gasteiger partial charge is 0.157 e. The minimum atomic E-state index is -0.290. The topological polar surface area (TPSA) is 21.6 Å². The van der Waals surface area contributed by atoms with E-state index in [0.717, 1.165) is 16.8 Å². The number of ether oxygens (including phenoxy) is 1. The van der Waals surface area contributed by atoms with Crippen LogP contribution in [0.2, 0.25) is 10.0 Å². The first kappa shape index (κ1) is 17.5. The molecule has 0 aliphatic rings. The molecule has 5 heteroatoms. The van der Waals surface area contributed by atoms with Gasteiger partial charge in [0.05, 0.1) is 15.7 Å². The van der Waals surface area contributed by atoms with Crippen molar-refractivity contribution >= 4 is 35.1 Å². The summed E-state index contributed by atoms with van der Waals surface area (Å²) in [6, 6.07) is 19.1. The fourth-order valence-corrected chi connectivity index (χ4v) is 2.80. The van der Waals surface area contributed by atoms with Crippen molar-refractivity contribution in [1.29, 1.82) is 0 Å². The molecule has 3 aromatic rings.